The van der Waals surface area contributed by atoms with E-state index in [1.165, 1.54) is 6.92 Å². The van der Waals surface area contributed by atoms with Gasteiger partial charge in [0.1, 0.15) is 15.1 Å². The summed E-state index contributed by atoms with van der Waals surface area (Å²) in [5.41, 5.74) is 0. The topological polar surface area (TPSA) is 85.3 Å². The molecular weight excluding hydrogens is 240 g/mol. The zero-order valence-corrected chi connectivity index (χ0v) is 10.7. The van der Waals surface area contributed by atoms with Crippen molar-refractivity contribution in [3.05, 3.63) is 0 Å². The van der Waals surface area contributed by atoms with Crippen molar-refractivity contribution in [3.8, 4) is 0 Å². The van der Waals surface area contributed by atoms with Crippen molar-refractivity contribution in [2.75, 3.05) is 18.3 Å². The summed E-state index contributed by atoms with van der Waals surface area (Å²) in [5.74, 6) is -0.518. The summed E-state index contributed by atoms with van der Waals surface area (Å²) < 4.78 is 43.5. The molecule has 0 aliphatic carbocycles. The molecule has 0 bridgehead atoms. The quantitative estimate of drug-likeness (QED) is 0.657. The summed E-state index contributed by atoms with van der Waals surface area (Å²) in [4.78, 5) is 11.3. The smallest absolute Gasteiger partial charge is 0.157 e. The first-order chi connectivity index (χ1) is 6.54. The molecule has 0 saturated heterocycles. The minimum atomic E-state index is -3.37. The minimum Gasteiger partial charge on any atom is -0.298 e. The third-order valence-corrected chi connectivity index (χ3v) is 4.61. The Balaban J connectivity index is 4.18. The maximum absolute atomic E-state index is 11.3. The summed E-state index contributed by atoms with van der Waals surface area (Å²) in [5, 5.41) is -1.04. The third kappa shape index (κ3) is 6.62. The predicted molar refractivity (Wildman–Crippen MR) is 58.3 cm³/mol. The molecule has 15 heavy (non-hydrogen) atoms. The van der Waals surface area contributed by atoms with Gasteiger partial charge in [-0.2, -0.15) is 0 Å². The maximum Gasteiger partial charge on any atom is 0.157 e. The molecule has 1 atom stereocenters. The Morgan fingerprint density at radius 1 is 1.13 bits per heavy atom. The molecule has 90 valence electrons. The van der Waals surface area contributed by atoms with Crippen molar-refractivity contribution in [2.24, 2.45) is 0 Å². The molecule has 0 aromatic heterocycles. The molecule has 0 N–H and O–H groups in total. The van der Waals surface area contributed by atoms with Gasteiger partial charge in [0.15, 0.2) is 15.6 Å². The van der Waals surface area contributed by atoms with E-state index in [0.29, 0.717) is 0 Å². The summed E-state index contributed by atoms with van der Waals surface area (Å²) >= 11 is 0. The number of hydrogen-bond donors (Lipinski definition) is 0. The number of ketones is 1. The van der Waals surface area contributed by atoms with Gasteiger partial charge in [0.05, 0.1) is 5.75 Å². The van der Waals surface area contributed by atoms with E-state index in [2.05, 4.69) is 0 Å². The first kappa shape index (κ1) is 14.6. The molecule has 0 aliphatic rings. The largest absolute Gasteiger partial charge is 0.298 e. The van der Waals surface area contributed by atoms with Crippen molar-refractivity contribution in [1.29, 1.82) is 0 Å². The highest BCUT2D eigenvalue weighted by molar-refractivity contribution is 7.92. The van der Waals surface area contributed by atoms with Gasteiger partial charge in [0.2, 0.25) is 0 Å². The highest BCUT2D eigenvalue weighted by atomic mass is 32.2. The number of carbonyl (C=O) groups is 1. The first-order valence-corrected chi connectivity index (χ1v) is 8.45. The summed E-state index contributed by atoms with van der Waals surface area (Å²) in [7, 11) is -6.45. The Morgan fingerprint density at radius 3 is 1.93 bits per heavy atom. The summed E-state index contributed by atoms with van der Waals surface area (Å²) in [6.45, 7) is 1.32. The molecule has 5 nitrogen and oxygen atoms in total. The van der Waals surface area contributed by atoms with Crippen LogP contribution in [-0.2, 0) is 24.5 Å². The molecule has 0 rings (SSSR count). The molecule has 0 aromatic carbocycles. The Labute approximate surface area is 90.7 Å². The fourth-order valence-electron chi connectivity index (χ4n) is 0.951. The number of Topliss-reactive ketones (excluding diaryl/α,β-unsaturated/α-hetero) is 1. The van der Waals surface area contributed by atoms with Crippen LogP contribution in [0.25, 0.3) is 0 Å². The van der Waals surface area contributed by atoms with Crippen LogP contribution in [0.15, 0.2) is 0 Å². The zero-order valence-electron chi connectivity index (χ0n) is 9.06. The van der Waals surface area contributed by atoms with E-state index in [4.69, 9.17) is 0 Å². The van der Waals surface area contributed by atoms with Crippen molar-refractivity contribution >= 4 is 25.5 Å². The molecule has 0 radical (unpaired) electrons. The van der Waals surface area contributed by atoms with Gasteiger partial charge in [-0.3, -0.25) is 4.79 Å². The minimum absolute atomic E-state index is 0.0126. The monoisotopic (exact) mass is 256 g/mol. The van der Waals surface area contributed by atoms with Crippen LogP contribution in [0.4, 0.5) is 0 Å². The van der Waals surface area contributed by atoms with Crippen molar-refractivity contribution in [2.45, 2.75) is 25.0 Å². The van der Waals surface area contributed by atoms with Gasteiger partial charge in [-0.1, -0.05) is 0 Å². The van der Waals surface area contributed by atoms with Gasteiger partial charge < -0.3 is 0 Å². The Morgan fingerprint density at radius 2 is 1.60 bits per heavy atom. The Bertz CT molecular complexity index is 418. The second kappa shape index (κ2) is 5.07. The van der Waals surface area contributed by atoms with Crippen LogP contribution in [0.2, 0.25) is 0 Å². The third-order valence-electron chi connectivity index (χ3n) is 2.03. The fraction of sp³-hybridized carbons (Fsp3) is 0.875. The van der Waals surface area contributed by atoms with E-state index < -0.39 is 30.7 Å². The Hall–Kier alpha value is -0.430. The fourth-order valence-corrected chi connectivity index (χ4v) is 2.21. The lowest BCUT2D eigenvalue weighted by molar-refractivity contribution is -0.118. The molecule has 1 unspecified atom stereocenters. The van der Waals surface area contributed by atoms with Crippen molar-refractivity contribution in [1.82, 2.24) is 0 Å². The number of rotatable bonds is 6. The van der Waals surface area contributed by atoms with Gasteiger partial charge in [0, 0.05) is 18.9 Å². The molecule has 0 saturated carbocycles. The van der Waals surface area contributed by atoms with E-state index in [1.807, 2.05) is 0 Å². The van der Waals surface area contributed by atoms with E-state index in [9.17, 15) is 21.6 Å². The second-order valence-corrected chi connectivity index (χ2v) is 8.30. The standard InChI is InChI=1S/C8H16O5S2/c1-7(15(3,12)13)8(9)5-4-6-14(2,10)11/h7H,4-6H2,1-3H3. The summed E-state index contributed by atoms with van der Waals surface area (Å²) in [6, 6.07) is 0. The molecule has 0 spiro atoms. The predicted octanol–water partition coefficient (Wildman–Crippen LogP) is -0.187. The first-order valence-electron chi connectivity index (χ1n) is 4.43. The van der Waals surface area contributed by atoms with E-state index in [-0.39, 0.29) is 18.6 Å². The van der Waals surface area contributed by atoms with E-state index in [0.717, 1.165) is 12.5 Å². The second-order valence-electron chi connectivity index (χ2n) is 3.67. The van der Waals surface area contributed by atoms with E-state index in [1.54, 1.807) is 0 Å². The lowest BCUT2D eigenvalue weighted by Crippen LogP contribution is -2.26. The van der Waals surface area contributed by atoms with Crippen LogP contribution in [0.1, 0.15) is 19.8 Å². The van der Waals surface area contributed by atoms with Crippen LogP contribution in [-0.4, -0.2) is 46.1 Å². The lowest BCUT2D eigenvalue weighted by atomic mass is 10.2. The van der Waals surface area contributed by atoms with Crippen LogP contribution in [0.5, 0.6) is 0 Å². The van der Waals surface area contributed by atoms with Crippen molar-refractivity contribution in [3.63, 3.8) is 0 Å². The van der Waals surface area contributed by atoms with Crippen LogP contribution in [0.3, 0.4) is 0 Å². The van der Waals surface area contributed by atoms with Gasteiger partial charge in [-0.15, -0.1) is 0 Å². The van der Waals surface area contributed by atoms with Gasteiger partial charge in [-0.25, -0.2) is 16.8 Å². The SMILES string of the molecule is CC(C(=O)CCCS(C)(=O)=O)S(C)(=O)=O. The van der Waals surface area contributed by atoms with Gasteiger partial charge >= 0.3 is 0 Å². The Kier molecular flexibility index (Phi) is 4.92. The highest BCUT2D eigenvalue weighted by Crippen LogP contribution is 2.05. The normalized spacial score (nSPS) is 14.9. The number of hydrogen-bond acceptors (Lipinski definition) is 5. The lowest BCUT2D eigenvalue weighted by Gasteiger charge is -2.07. The average Bonchev–Trinajstić information content (AvgIpc) is 1.98. The van der Waals surface area contributed by atoms with Crippen LogP contribution >= 0.6 is 0 Å². The molecule has 7 heteroatoms. The number of carbonyl (C=O) groups excluding carboxylic acids is 1. The van der Waals surface area contributed by atoms with Crippen molar-refractivity contribution < 1.29 is 21.6 Å². The molecule has 0 amide bonds. The molecule has 0 fully saturated rings. The number of sulfone groups is 2. The van der Waals surface area contributed by atoms with Crippen LogP contribution < -0.4 is 0 Å². The molecule has 0 aromatic rings. The van der Waals surface area contributed by atoms with Gasteiger partial charge in [-0.05, 0) is 13.3 Å². The van der Waals surface area contributed by atoms with Crippen LogP contribution in [0, 0.1) is 0 Å². The molecule has 0 heterocycles. The zero-order chi connectivity index (χ0) is 12.3. The van der Waals surface area contributed by atoms with E-state index >= 15 is 0 Å². The average molecular weight is 256 g/mol. The summed E-state index contributed by atoms with van der Waals surface area (Å²) in [6.07, 6.45) is 2.24. The molecular formula is C8H16O5S2. The molecule has 0 aliphatic heterocycles. The highest BCUT2D eigenvalue weighted by Gasteiger charge is 2.22. The maximum atomic E-state index is 11.3. The van der Waals surface area contributed by atoms with Gasteiger partial charge in [0.25, 0.3) is 0 Å².